The van der Waals surface area contributed by atoms with Crippen molar-refractivity contribution >= 4 is 11.8 Å². The highest BCUT2D eigenvalue weighted by Gasteiger charge is 2.32. The predicted octanol–water partition coefficient (Wildman–Crippen LogP) is 1.83. The van der Waals surface area contributed by atoms with E-state index in [2.05, 4.69) is 17.0 Å². The Hall–Kier alpha value is -2.77. The number of amides is 2. The van der Waals surface area contributed by atoms with Crippen LogP contribution in [0.15, 0.2) is 54.6 Å². The van der Waals surface area contributed by atoms with Gasteiger partial charge in [-0.1, -0.05) is 42.5 Å². The molecule has 28 heavy (non-hydrogen) atoms. The molecule has 148 valence electrons. The van der Waals surface area contributed by atoms with Crippen LogP contribution in [-0.2, 0) is 22.6 Å². The number of piperazine rings is 1. The van der Waals surface area contributed by atoms with Gasteiger partial charge in [-0.2, -0.15) is 0 Å². The van der Waals surface area contributed by atoms with Gasteiger partial charge in [0.2, 0.25) is 5.91 Å². The summed E-state index contributed by atoms with van der Waals surface area (Å²) in [5.74, 6) is -2.50. The molecule has 2 N–H and O–H groups in total. The van der Waals surface area contributed by atoms with Crippen molar-refractivity contribution in [2.45, 2.75) is 13.0 Å². The first kappa shape index (κ1) is 20.0. The largest absolute Gasteiger partial charge is 0.339 e. The van der Waals surface area contributed by atoms with Crippen LogP contribution >= 0.6 is 0 Å². The lowest BCUT2D eigenvalue weighted by Gasteiger charge is -2.36. The smallest absolute Gasteiger partial charge is 0.256 e. The molecule has 1 aliphatic heterocycles. The van der Waals surface area contributed by atoms with Gasteiger partial charge in [0.05, 0.1) is 0 Å². The van der Waals surface area contributed by atoms with Crippen molar-refractivity contribution < 1.29 is 19.2 Å². The molecule has 7 heteroatoms. The molecule has 0 bridgehead atoms. The monoisotopic (exact) mass is 385 g/mol. The lowest BCUT2D eigenvalue weighted by Crippen LogP contribution is -2.52. The van der Waals surface area contributed by atoms with Gasteiger partial charge in [-0.25, -0.2) is 9.87 Å². The Morgan fingerprint density at radius 3 is 2.21 bits per heavy atom. The number of carbonyl (C=O) groups excluding carboxylic acids is 2. The molecule has 1 atom stereocenters. The highest BCUT2D eigenvalue weighted by molar-refractivity contribution is 6.00. The first-order valence-electron chi connectivity index (χ1n) is 9.30. The zero-order valence-electron chi connectivity index (χ0n) is 15.6. The third-order valence-corrected chi connectivity index (χ3v) is 5.01. The highest BCUT2D eigenvalue weighted by Crippen LogP contribution is 2.16. The van der Waals surface area contributed by atoms with Crippen LogP contribution in [0.4, 0.5) is 4.39 Å². The second-order valence-corrected chi connectivity index (χ2v) is 6.95. The standard InChI is InChI=1S/C21H24FN3O3/c22-18-8-6-16(7-9-18)14-19(20(26)23-28)21(27)25-12-10-24(11-13-25)15-17-4-2-1-3-5-17/h1-9,19,28H,10-15H2,(H,23,26). The normalized spacial score (nSPS) is 15.9. The molecule has 1 heterocycles. The van der Waals surface area contributed by atoms with Crippen LogP contribution in [0.1, 0.15) is 11.1 Å². The Morgan fingerprint density at radius 2 is 1.61 bits per heavy atom. The quantitative estimate of drug-likeness (QED) is 0.452. The van der Waals surface area contributed by atoms with E-state index in [0.29, 0.717) is 31.7 Å². The van der Waals surface area contributed by atoms with Crippen molar-refractivity contribution in [2.24, 2.45) is 5.92 Å². The average Bonchev–Trinajstić information content (AvgIpc) is 2.73. The third kappa shape index (κ3) is 5.15. The molecule has 2 aromatic carbocycles. The fourth-order valence-electron chi connectivity index (χ4n) is 3.41. The summed E-state index contributed by atoms with van der Waals surface area (Å²) < 4.78 is 13.1. The van der Waals surface area contributed by atoms with Gasteiger partial charge in [-0.3, -0.25) is 19.7 Å². The second kappa shape index (κ2) is 9.43. The lowest BCUT2D eigenvalue weighted by atomic mass is 9.96. The summed E-state index contributed by atoms with van der Waals surface area (Å²) in [5.41, 5.74) is 3.46. The molecule has 1 fully saturated rings. The van der Waals surface area contributed by atoms with Crippen LogP contribution in [0.25, 0.3) is 0 Å². The molecule has 2 amide bonds. The molecule has 6 nitrogen and oxygen atoms in total. The van der Waals surface area contributed by atoms with E-state index < -0.39 is 11.8 Å². The molecule has 0 saturated carbocycles. The summed E-state index contributed by atoms with van der Waals surface area (Å²) in [6.45, 7) is 3.28. The SMILES string of the molecule is O=C(NO)C(Cc1ccc(F)cc1)C(=O)N1CCN(Cc2ccccc2)CC1. The van der Waals surface area contributed by atoms with Gasteiger partial charge in [-0.15, -0.1) is 0 Å². The molecule has 1 unspecified atom stereocenters. The number of hydrogen-bond acceptors (Lipinski definition) is 4. The van der Waals surface area contributed by atoms with Crippen molar-refractivity contribution in [1.82, 2.24) is 15.3 Å². The van der Waals surface area contributed by atoms with Crippen molar-refractivity contribution in [3.8, 4) is 0 Å². The maximum Gasteiger partial charge on any atom is 0.256 e. The van der Waals surface area contributed by atoms with E-state index in [0.717, 1.165) is 6.54 Å². The molecular weight excluding hydrogens is 361 g/mol. The van der Waals surface area contributed by atoms with Crippen molar-refractivity contribution in [2.75, 3.05) is 26.2 Å². The van der Waals surface area contributed by atoms with Gasteiger partial charge in [-0.05, 0) is 29.7 Å². The molecule has 0 radical (unpaired) electrons. The van der Waals surface area contributed by atoms with E-state index in [9.17, 15) is 14.0 Å². The van der Waals surface area contributed by atoms with E-state index in [1.165, 1.54) is 29.8 Å². The summed E-state index contributed by atoms with van der Waals surface area (Å²) in [4.78, 5) is 28.9. The van der Waals surface area contributed by atoms with Gasteiger partial charge in [0, 0.05) is 32.7 Å². The Kier molecular flexibility index (Phi) is 6.73. The molecule has 0 aliphatic carbocycles. The predicted molar refractivity (Wildman–Crippen MR) is 102 cm³/mol. The van der Waals surface area contributed by atoms with E-state index >= 15 is 0 Å². The van der Waals surface area contributed by atoms with Crippen LogP contribution in [-0.4, -0.2) is 53.0 Å². The van der Waals surface area contributed by atoms with Crippen molar-refractivity contribution in [1.29, 1.82) is 0 Å². The van der Waals surface area contributed by atoms with Crippen LogP contribution in [0, 0.1) is 11.7 Å². The maximum absolute atomic E-state index is 13.1. The minimum atomic E-state index is -1.05. The summed E-state index contributed by atoms with van der Waals surface area (Å²) in [6.07, 6.45) is 0.107. The zero-order chi connectivity index (χ0) is 19.9. The number of benzene rings is 2. The van der Waals surface area contributed by atoms with Crippen LogP contribution in [0.2, 0.25) is 0 Å². The number of hydrogen-bond donors (Lipinski definition) is 2. The van der Waals surface area contributed by atoms with Gasteiger partial charge < -0.3 is 4.90 Å². The average molecular weight is 385 g/mol. The molecule has 3 rings (SSSR count). The number of carbonyl (C=O) groups is 2. The van der Waals surface area contributed by atoms with Gasteiger partial charge in [0.25, 0.3) is 5.91 Å². The first-order chi connectivity index (χ1) is 13.6. The topological polar surface area (TPSA) is 72.9 Å². The second-order valence-electron chi connectivity index (χ2n) is 6.95. The van der Waals surface area contributed by atoms with Gasteiger partial charge in [0.1, 0.15) is 11.7 Å². The molecule has 0 spiro atoms. The van der Waals surface area contributed by atoms with Gasteiger partial charge >= 0.3 is 0 Å². The van der Waals surface area contributed by atoms with E-state index in [4.69, 9.17) is 5.21 Å². The summed E-state index contributed by atoms with van der Waals surface area (Å²) >= 11 is 0. The van der Waals surface area contributed by atoms with Crippen molar-refractivity contribution in [3.63, 3.8) is 0 Å². The summed E-state index contributed by atoms with van der Waals surface area (Å²) in [6, 6.07) is 15.8. The summed E-state index contributed by atoms with van der Waals surface area (Å²) in [7, 11) is 0. The zero-order valence-corrected chi connectivity index (χ0v) is 15.6. The van der Waals surface area contributed by atoms with Gasteiger partial charge in [0.15, 0.2) is 0 Å². The van der Waals surface area contributed by atoms with E-state index in [1.807, 2.05) is 18.2 Å². The number of nitrogens with one attached hydrogen (secondary N) is 1. The first-order valence-corrected chi connectivity index (χ1v) is 9.30. The number of halogens is 1. The Bertz CT molecular complexity index is 790. The van der Waals surface area contributed by atoms with Crippen molar-refractivity contribution in [3.05, 3.63) is 71.5 Å². The molecule has 1 aliphatic rings. The Balaban J connectivity index is 1.60. The van der Waals surface area contributed by atoms with Crippen LogP contribution in [0.3, 0.4) is 0 Å². The number of nitrogens with zero attached hydrogens (tertiary/aromatic N) is 2. The third-order valence-electron chi connectivity index (χ3n) is 5.01. The van der Waals surface area contributed by atoms with Crippen LogP contribution < -0.4 is 5.48 Å². The molecule has 1 saturated heterocycles. The van der Waals surface area contributed by atoms with Crippen LogP contribution in [0.5, 0.6) is 0 Å². The number of hydroxylamine groups is 1. The number of rotatable bonds is 6. The molecule has 2 aromatic rings. The molecular formula is C21H24FN3O3. The minimum Gasteiger partial charge on any atom is -0.339 e. The minimum absolute atomic E-state index is 0.107. The Labute approximate surface area is 163 Å². The fraction of sp³-hybridized carbons (Fsp3) is 0.333. The van der Waals surface area contributed by atoms with E-state index in [-0.39, 0.29) is 18.1 Å². The highest BCUT2D eigenvalue weighted by atomic mass is 19.1. The maximum atomic E-state index is 13.1. The van der Waals surface area contributed by atoms with E-state index in [1.54, 1.807) is 10.4 Å². The fourth-order valence-corrected chi connectivity index (χ4v) is 3.41. The summed E-state index contributed by atoms with van der Waals surface area (Å²) in [5, 5.41) is 9.04. The lowest BCUT2D eigenvalue weighted by molar-refractivity contribution is -0.147. The Morgan fingerprint density at radius 1 is 0.964 bits per heavy atom. The molecule has 0 aromatic heterocycles.